The molecule has 13 heavy (non-hydrogen) atoms. The molecule has 4 heteroatoms. The Morgan fingerprint density at radius 2 is 1.62 bits per heavy atom. The standard InChI is InChI=1S/C6H4Cl2.C3H6O2/c7-5-1-2-6(8)4-3-5;1-2-5-3-4/h1-4H;3H,2H2,1H3. The Kier molecular flexibility index (Phi) is 7.45. The lowest BCUT2D eigenvalue weighted by Gasteiger charge is -1.86. The Labute approximate surface area is 87.4 Å². The smallest absolute Gasteiger partial charge is 0.293 e. The van der Waals surface area contributed by atoms with E-state index in [2.05, 4.69) is 4.74 Å². The average molecular weight is 221 g/mol. The fourth-order valence-corrected chi connectivity index (χ4v) is 0.750. The highest BCUT2D eigenvalue weighted by molar-refractivity contribution is 6.32. The number of halogens is 2. The van der Waals surface area contributed by atoms with E-state index in [1.54, 1.807) is 31.2 Å². The van der Waals surface area contributed by atoms with Gasteiger partial charge in [-0.05, 0) is 31.2 Å². The first kappa shape index (κ1) is 12.3. The van der Waals surface area contributed by atoms with Crippen molar-refractivity contribution in [2.75, 3.05) is 6.61 Å². The van der Waals surface area contributed by atoms with Crippen molar-refractivity contribution in [3.63, 3.8) is 0 Å². The predicted octanol–water partition coefficient (Wildman–Crippen LogP) is 3.17. The zero-order chi connectivity index (χ0) is 10.1. The number of carbonyl (C=O) groups is 1. The normalized spacial score (nSPS) is 8.23. The molecule has 0 fully saturated rings. The van der Waals surface area contributed by atoms with Crippen molar-refractivity contribution in [2.24, 2.45) is 0 Å². The van der Waals surface area contributed by atoms with Crippen LogP contribution >= 0.6 is 23.2 Å². The Morgan fingerprint density at radius 1 is 1.23 bits per heavy atom. The molecule has 2 nitrogen and oxygen atoms in total. The number of rotatable bonds is 2. The van der Waals surface area contributed by atoms with Gasteiger partial charge in [0.1, 0.15) is 0 Å². The number of ether oxygens (including phenoxy) is 1. The summed E-state index contributed by atoms with van der Waals surface area (Å²) in [7, 11) is 0. The molecule has 1 rings (SSSR count). The highest BCUT2D eigenvalue weighted by atomic mass is 35.5. The third-order valence-corrected chi connectivity index (χ3v) is 1.54. The molecule has 0 atom stereocenters. The third-order valence-electron chi connectivity index (χ3n) is 1.04. The largest absolute Gasteiger partial charge is 0.468 e. The van der Waals surface area contributed by atoms with Crippen molar-refractivity contribution < 1.29 is 9.53 Å². The zero-order valence-electron chi connectivity index (χ0n) is 7.17. The topological polar surface area (TPSA) is 26.3 Å². The maximum absolute atomic E-state index is 9.18. The lowest BCUT2D eigenvalue weighted by atomic mass is 10.4. The van der Waals surface area contributed by atoms with Crippen LogP contribution in [0.5, 0.6) is 0 Å². The number of hydrogen-bond acceptors (Lipinski definition) is 2. The Balaban J connectivity index is 0.000000252. The van der Waals surface area contributed by atoms with Crippen molar-refractivity contribution >= 4 is 29.7 Å². The monoisotopic (exact) mass is 220 g/mol. The van der Waals surface area contributed by atoms with E-state index < -0.39 is 0 Å². The first-order chi connectivity index (χ1) is 6.20. The van der Waals surface area contributed by atoms with Gasteiger partial charge in [0.05, 0.1) is 6.61 Å². The van der Waals surface area contributed by atoms with Gasteiger partial charge in [-0.25, -0.2) is 0 Å². The number of carbonyl (C=O) groups excluding carboxylic acids is 1. The van der Waals surface area contributed by atoms with Gasteiger partial charge >= 0.3 is 0 Å². The molecule has 0 aliphatic heterocycles. The third kappa shape index (κ3) is 7.62. The molecule has 0 saturated carbocycles. The number of benzene rings is 1. The van der Waals surface area contributed by atoms with E-state index in [1.807, 2.05) is 0 Å². The van der Waals surface area contributed by atoms with Crippen LogP contribution in [0.25, 0.3) is 0 Å². The lowest BCUT2D eigenvalue weighted by molar-refractivity contribution is -0.128. The van der Waals surface area contributed by atoms with Crippen molar-refractivity contribution in [2.45, 2.75) is 6.92 Å². The highest BCUT2D eigenvalue weighted by Crippen LogP contribution is 2.12. The molecule has 0 bridgehead atoms. The van der Waals surface area contributed by atoms with Gasteiger partial charge in [0.15, 0.2) is 0 Å². The average Bonchev–Trinajstić information content (AvgIpc) is 2.13. The molecule has 0 aromatic heterocycles. The highest BCUT2D eigenvalue weighted by Gasteiger charge is 1.83. The summed E-state index contributed by atoms with van der Waals surface area (Å²) in [5, 5.41) is 1.43. The molecule has 0 amide bonds. The molecule has 0 radical (unpaired) electrons. The summed E-state index contributed by atoms with van der Waals surface area (Å²) in [6, 6.07) is 7.02. The second-order valence-electron chi connectivity index (χ2n) is 1.99. The molecule has 72 valence electrons. The Hall–Kier alpha value is -0.730. The maximum Gasteiger partial charge on any atom is 0.293 e. The minimum atomic E-state index is 0.431. The van der Waals surface area contributed by atoms with Gasteiger partial charge < -0.3 is 4.74 Å². The van der Waals surface area contributed by atoms with Crippen LogP contribution in [0.4, 0.5) is 0 Å². The predicted molar refractivity (Wildman–Crippen MR) is 54.2 cm³/mol. The van der Waals surface area contributed by atoms with Crippen molar-refractivity contribution in [3.05, 3.63) is 34.3 Å². The summed E-state index contributed by atoms with van der Waals surface area (Å²) >= 11 is 11.1. The summed E-state index contributed by atoms with van der Waals surface area (Å²) < 4.78 is 4.15. The molecule has 0 unspecified atom stereocenters. The van der Waals surface area contributed by atoms with Crippen LogP contribution in [-0.2, 0) is 9.53 Å². The molecule has 0 N–H and O–H groups in total. The fourth-order valence-electron chi connectivity index (χ4n) is 0.498. The molecule has 0 aliphatic rings. The van der Waals surface area contributed by atoms with Crippen LogP contribution in [0.3, 0.4) is 0 Å². The quantitative estimate of drug-likeness (QED) is 0.717. The molecular formula is C9H10Cl2O2. The first-order valence-corrected chi connectivity index (χ1v) is 4.42. The minimum Gasteiger partial charge on any atom is -0.468 e. The molecular weight excluding hydrogens is 211 g/mol. The zero-order valence-corrected chi connectivity index (χ0v) is 8.68. The summed E-state index contributed by atoms with van der Waals surface area (Å²) in [5.74, 6) is 0. The van der Waals surface area contributed by atoms with Gasteiger partial charge in [0.25, 0.3) is 6.47 Å². The second-order valence-corrected chi connectivity index (χ2v) is 2.86. The molecule has 0 aliphatic carbocycles. The van der Waals surface area contributed by atoms with E-state index in [-0.39, 0.29) is 0 Å². The van der Waals surface area contributed by atoms with E-state index in [0.717, 1.165) is 10.0 Å². The SMILES string of the molecule is CCOC=O.Clc1ccc(Cl)cc1. The number of hydrogen-bond donors (Lipinski definition) is 0. The van der Waals surface area contributed by atoms with Gasteiger partial charge in [-0.15, -0.1) is 0 Å². The van der Waals surface area contributed by atoms with Crippen LogP contribution in [0.2, 0.25) is 10.0 Å². The van der Waals surface area contributed by atoms with Gasteiger partial charge in [-0.2, -0.15) is 0 Å². The molecule has 0 heterocycles. The van der Waals surface area contributed by atoms with Crippen LogP contribution in [0.1, 0.15) is 6.92 Å². The Bertz CT molecular complexity index is 213. The van der Waals surface area contributed by atoms with Crippen molar-refractivity contribution in [1.82, 2.24) is 0 Å². The summed E-state index contributed by atoms with van der Waals surface area (Å²) in [5.41, 5.74) is 0. The molecule has 1 aromatic carbocycles. The van der Waals surface area contributed by atoms with Gasteiger partial charge in [0.2, 0.25) is 0 Å². The maximum atomic E-state index is 9.18. The van der Waals surface area contributed by atoms with Crippen LogP contribution in [0.15, 0.2) is 24.3 Å². The summed E-state index contributed by atoms with van der Waals surface area (Å²) in [6.07, 6.45) is 0. The lowest BCUT2D eigenvalue weighted by Crippen LogP contribution is -1.80. The van der Waals surface area contributed by atoms with Crippen molar-refractivity contribution in [1.29, 1.82) is 0 Å². The van der Waals surface area contributed by atoms with Gasteiger partial charge in [-0.1, -0.05) is 23.2 Å². The van der Waals surface area contributed by atoms with Crippen LogP contribution in [0, 0.1) is 0 Å². The van der Waals surface area contributed by atoms with Gasteiger partial charge in [-0.3, -0.25) is 4.79 Å². The Morgan fingerprint density at radius 3 is 1.77 bits per heavy atom. The first-order valence-electron chi connectivity index (χ1n) is 3.67. The van der Waals surface area contributed by atoms with E-state index >= 15 is 0 Å². The minimum absolute atomic E-state index is 0.431. The van der Waals surface area contributed by atoms with Crippen LogP contribution in [-0.4, -0.2) is 13.1 Å². The molecule has 1 aromatic rings. The van der Waals surface area contributed by atoms with Crippen molar-refractivity contribution in [3.8, 4) is 0 Å². The second kappa shape index (κ2) is 7.90. The van der Waals surface area contributed by atoms with Gasteiger partial charge in [0, 0.05) is 10.0 Å². The van der Waals surface area contributed by atoms with E-state index in [1.165, 1.54) is 0 Å². The summed E-state index contributed by atoms with van der Waals surface area (Å²) in [6.45, 7) is 2.66. The molecule has 0 saturated heterocycles. The van der Waals surface area contributed by atoms with E-state index in [9.17, 15) is 4.79 Å². The summed E-state index contributed by atoms with van der Waals surface area (Å²) in [4.78, 5) is 9.18. The van der Waals surface area contributed by atoms with E-state index in [4.69, 9.17) is 23.2 Å². The fraction of sp³-hybridized carbons (Fsp3) is 0.222. The van der Waals surface area contributed by atoms with Crippen LogP contribution < -0.4 is 0 Å². The molecule has 0 spiro atoms. The van der Waals surface area contributed by atoms with E-state index in [0.29, 0.717) is 13.1 Å².